The summed E-state index contributed by atoms with van der Waals surface area (Å²) in [6, 6.07) is 4.41. The lowest BCUT2D eigenvalue weighted by molar-refractivity contribution is 0.209. The van der Waals surface area contributed by atoms with Crippen molar-refractivity contribution >= 4 is 11.5 Å². The Morgan fingerprint density at radius 2 is 2.05 bits per heavy atom. The quantitative estimate of drug-likeness (QED) is 0.363. The molecule has 2 heterocycles. The Bertz CT molecular complexity index is 452. The number of anilines is 1. The van der Waals surface area contributed by atoms with Gasteiger partial charge in [0.15, 0.2) is 5.84 Å². The monoisotopic (exact) mass is 263 g/mol. The van der Waals surface area contributed by atoms with E-state index in [-0.39, 0.29) is 5.84 Å². The van der Waals surface area contributed by atoms with Gasteiger partial charge in [-0.05, 0) is 26.0 Å². The van der Waals surface area contributed by atoms with Crippen LogP contribution >= 0.6 is 0 Å². The van der Waals surface area contributed by atoms with Crippen LogP contribution in [0.25, 0.3) is 0 Å². The van der Waals surface area contributed by atoms with Crippen molar-refractivity contribution in [3.63, 3.8) is 0 Å². The highest BCUT2D eigenvalue weighted by molar-refractivity contribution is 5.95. The van der Waals surface area contributed by atoms with E-state index in [4.69, 9.17) is 10.9 Å². The van der Waals surface area contributed by atoms with Crippen LogP contribution in [-0.4, -0.2) is 53.1 Å². The van der Waals surface area contributed by atoms with Gasteiger partial charge in [0.2, 0.25) is 0 Å². The molecule has 0 radical (unpaired) electrons. The molecule has 2 rings (SSSR count). The summed E-state index contributed by atoms with van der Waals surface area (Å²) in [6.45, 7) is 8.52. The predicted molar refractivity (Wildman–Crippen MR) is 75.7 cm³/mol. The van der Waals surface area contributed by atoms with E-state index in [2.05, 4.69) is 33.8 Å². The minimum Gasteiger partial charge on any atom is -0.409 e. The highest BCUT2D eigenvalue weighted by atomic mass is 16.4. The number of piperazine rings is 1. The molecule has 1 fully saturated rings. The van der Waals surface area contributed by atoms with Crippen LogP contribution in [0.15, 0.2) is 23.5 Å². The summed E-state index contributed by atoms with van der Waals surface area (Å²) in [4.78, 5) is 8.86. The summed E-state index contributed by atoms with van der Waals surface area (Å²) in [5, 5.41) is 11.7. The number of hydrogen-bond donors (Lipinski definition) is 2. The second-order valence-electron chi connectivity index (χ2n) is 5.00. The molecule has 3 N–H and O–H groups in total. The molecular weight excluding hydrogens is 242 g/mol. The second-order valence-corrected chi connectivity index (χ2v) is 5.00. The Kier molecular flexibility index (Phi) is 4.21. The Morgan fingerprint density at radius 3 is 2.63 bits per heavy atom. The van der Waals surface area contributed by atoms with Crippen molar-refractivity contribution in [1.82, 2.24) is 9.88 Å². The van der Waals surface area contributed by atoms with Crippen molar-refractivity contribution in [2.24, 2.45) is 10.9 Å². The Hall–Kier alpha value is -1.82. The van der Waals surface area contributed by atoms with Gasteiger partial charge in [0.05, 0.1) is 0 Å². The van der Waals surface area contributed by atoms with Crippen molar-refractivity contribution in [3.8, 4) is 0 Å². The molecular formula is C13H21N5O. The van der Waals surface area contributed by atoms with Crippen LogP contribution in [0.5, 0.6) is 0 Å². The molecule has 6 nitrogen and oxygen atoms in total. The molecule has 19 heavy (non-hydrogen) atoms. The van der Waals surface area contributed by atoms with Gasteiger partial charge in [-0.3, -0.25) is 9.88 Å². The van der Waals surface area contributed by atoms with Crippen molar-refractivity contribution in [2.75, 3.05) is 31.1 Å². The van der Waals surface area contributed by atoms with E-state index in [0.29, 0.717) is 11.7 Å². The van der Waals surface area contributed by atoms with E-state index in [1.807, 2.05) is 12.1 Å². The Balaban J connectivity index is 2.07. The first-order valence-electron chi connectivity index (χ1n) is 6.54. The topological polar surface area (TPSA) is 78.0 Å². The van der Waals surface area contributed by atoms with Gasteiger partial charge < -0.3 is 15.8 Å². The molecule has 0 bridgehead atoms. The van der Waals surface area contributed by atoms with Crippen molar-refractivity contribution in [2.45, 2.75) is 19.9 Å². The molecule has 1 aliphatic rings. The van der Waals surface area contributed by atoms with Gasteiger partial charge >= 0.3 is 0 Å². The van der Waals surface area contributed by atoms with Gasteiger partial charge in [0, 0.05) is 44.1 Å². The van der Waals surface area contributed by atoms with Crippen LogP contribution in [0.3, 0.4) is 0 Å². The fourth-order valence-electron chi connectivity index (χ4n) is 2.30. The summed E-state index contributed by atoms with van der Waals surface area (Å²) in [5.41, 5.74) is 7.14. The zero-order valence-electron chi connectivity index (χ0n) is 11.5. The van der Waals surface area contributed by atoms with Crippen molar-refractivity contribution < 1.29 is 5.21 Å². The molecule has 0 aliphatic carbocycles. The smallest absolute Gasteiger partial charge is 0.188 e. The molecule has 104 valence electrons. The van der Waals surface area contributed by atoms with E-state index in [9.17, 15) is 0 Å². The number of hydrogen-bond acceptors (Lipinski definition) is 5. The molecule has 0 saturated carbocycles. The van der Waals surface area contributed by atoms with Gasteiger partial charge in [-0.25, -0.2) is 0 Å². The summed E-state index contributed by atoms with van der Waals surface area (Å²) in [5.74, 6) is 0.0441. The average Bonchev–Trinajstić information content (AvgIpc) is 2.46. The average molecular weight is 263 g/mol. The molecule has 0 spiro atoms. The maximum absolute atomic E-state index is 8.69. The summed E-state index contributed by atoms with van der Waals surface area (Å²) in [6.07, 6.45) is 1.69. The molecule has 0 unspecified atom stereocenters. The summed E-state index contributed by atoms with van der Waals surface area (Å²) >= 11 is 0. The lowest BCUT2D eigenvalue weighted by atomic mass is 10.2. The van der Waals surface area contributed by atoms with E-state index >= 15 is 0 Å². The number of nitrogens with two attached hydrogens (primary N) is 1. The second kappa shape index (κ2) is 5.88. The van der Waals surface area contributed by atoms with E-state index in [1.165, 1.54) is 0 Å². The first-order chi connectivity index (χ1) is 9.11. The minimum absolute atomic E-state index is 0.0441. The number of nitrogens with zero attached hydrogens (tertiary/aromatic N) is 4. The zero-order chi connectivity index (χ0) is 13.8. The molecule has 1 aromatic rings. The van der Waals surface area contributed by atoms with Crippen LogP contribution in [-0.2, 0) is 0 Å². The Labute approximate surface area is 113 Å². The number of pyridine rings is 1. The van der Waals surface area contributed by atoms with Crippen LogP contribution in [0.4, 0.5) is 5.69 Å². The van der Waals surface area contributed by atoms with Gasteiger partial charge in [0.1, 0.15) is 5.69 Å². The fraction of sp³-hybridized carbons (Fsp3) is 0.538. The van der Waals surface area contributed by atoms with Crippen LogP contribution < -0.4 is 10.6 Å². The lowest BCUT2D eigenvalue weighted by Gasteiger charge is -2.38. The third-order valence-electron chi connectivity index (χ3n) is 3.52. The van der Waals surface area contributed by atoms with Gasteiger partial charge in [-0.2, -0.15) is 0 Å². The number of amidine groups is 1. The zero-order valence-corrected chi connectivity index (χ0v) is 11.5. The molecule has 1 aromatic heterocycles. The number of oxime groups is 1. The highest BCUT2D eigenvalue weighted by Crippen LogP contribution is 2.17. The largest absolute Gasteiger partial charge is 0.409 e. The normalized spacial score (nSPS) is 18.1. The molecule has 0 aromatic carbocycles. The lowest BCUT2D eigenvalue weighted by Crippen LogP contribution is -2.48. The maximum atomic E-state index is 8.69. The van der Waals surface area contributed by atoms with E-state index in [1.54, 1.807) is 6.20 Å². The molecule has 1 aliphatic heterocycles. The number of rotatable bonds is 3. The standard InChI is InChI=1S/C13H21N5O/c1-10(2)17-5-7-18(8-6-17)11-3-4-15-12(9-11)13(14)16-19/h3-4,9-10,19H,5-8H2,1-2H3,(H2,14,16). The van der Waals surface area contributed by atoms with Gasteiger partial charge in [-0.1, -0.05) is 5.16 Å². The third-order valence-corrected chi connectivity index (χ3v) is 3.52. The van der Waals surface area contributed by atoms with Gasteiger partial charge in [0.25, 0.3) is 0 Å². The third kappa shape index (κ3) is 3.14. The van der Waals surface area contributed by atoms with E-state index < -0.39 is 0 Å². The van der Waals surface area contributed by atoms with Crippen LogP contribution in [0.1, 0.15) is 19.5 Å². The highest BCUT2D eigenvalue weighted by Gasteiger charge is 2.19. The van der Waals surface area contributed by atoms with E-state index in [0.717, 1.165) is 31.9 Å². The predicted octanol–water partition coefficient (Wildman–Crippen LogP) is 0.707. The van der Waals surface area contributed by atoms with Crippen molar-refractivity contribution in [3.05, 3.63) is 24.0 Å². The molecule has 6 heteroatoms. The first kappa shape index (κ1) is 13.6. The van der Waals surface area contributed by atoms with Crippen molar-refractivity contribution in [1.29, 1.82) is 0 Å². The van der Waals surface area contributed by atoms with Crippen LogP contribution in [0, 0.1) is 0 Å². The fourth-order valence-corrected chi connectivity index (χ4v) is 2.30. The molecule has 0 amide bonds. The Morgan fingerprint density at radius 1 is 1.37 bits per heavy atom. The summed E-state index contributed by atoms with van der Waals surface area (Å²) < 4.78 is 0. The summed E-state index contributed by atoms with van der Waals surface area (Å²) in [7, 11) is 0. The first-order valence-corrected chi connectivity index (χ1v) is 6.54. The van der Waals surface area contributed by atoms with Crippen LogP contribution in [0.2, 0.25) is 0 Å². The maximum Gasteiger partial charge on any atom is 0.188 e. The molecule has 0 atom stereocenters. The van der Waals surface area contributed by atoms with Gasteiger partial charge in [-0.15, -0.1) is 0 Å². The minimum atomic E-state index is 0.0441. The molecule has 1 saturated heterocycles. The SMILES string of the molecule is CC(C)N1CCN(c2ccnc(C(N)=NO)c2)CC1. The number of aromatic nitrogens is 1.